The van der Waals surface area contributed by atoms with Crippen LogP contribution in [-0.4, -0.2) is 72.1 Å². The number of carbonyl (C=O) groups excluding carboxylic acids is 2. The number of nitrogens with zero attached hydrogens (tertiary/aromatic N) is 2. The Morgan fingerprint density at radius 3 is 2.38 bits per heavy atom. The summed E-state index contributed by atoms with van der Waals surface area (Å²) in [4.78, 5) is 28.8. The van der Waals surface area contributed by atoms with Crippen molar-refractivity contribution in [1.82, 2.24) is 9.62 Å². The van der Waals surface area contributed by atoms with Crippen LogP contribution in [0.5, 0.6) is 0 Å². The fourth-order valence-electron chi connectivity index (χ4n) is 3.39. The molecule has 10 heteroatoms. The predicted octanol–water partition coefficient (Wildman–Crippen LogP) is 1.45. The van der Waals surface area contributed by atoms with Crippen molar-refractivity contribution in [2.75, 3.05) is 57.2 Å². The molecule has 1 fully saturated rings. The minimum absolute atomic E-state index is 0.00726. The van der Waals surface area contributed by atoms with E-state index in [1.807, 2.05) is 24.3 Å². The third-order valence-electron chi connectivity index (χ3n) is 5.27. The summed E-state index contributed by atoms with van der Waals surface area (Å²) in [6, 6.07) is 11.8. The summed E-state index contributed by atoms with van der Waals surface area (Å²) in [5.41, 5.74) is 2.54. The molecule has 0 radical (unpaired) electrons. The Hall–Kier alpha value is -2.95. The van der Waals surface area contributed by atoms with Crippen LogP contribution in [-0.2, 0) is 19.6 Å². The van der Waals surface area contributed by atoms with Crippen molar-refractivity contribution in [2.45, 2.75) is 11.8 Å². The van der Waals surface area contributed by atoms with E-state index in [1.54, 1.807) is 13.0 Å². The molecule has 3 rings (SSSR count). The second-order valence-corrected chi connectivity index (χ2v) is 9.43. The lowest BCUT2D eigenvalue weighted by Gasteiger charge is -2.28. The molecule has 9 nitrogen and oxygen atoms in total. The smallest absolute Gasteiger partial charge is 0.254 e. The van der Waals surface area contributed by atoms with E-state index in [4.69, 9.17) is 4.74 Å². The van der Waals surface area contributed by atoms with Gasteiger partial charge in [-0.05, 0) is 55.9 Å². The Labute approximate surface area is 188 Å². The third kappa shape index (κ3) is 5.64. The molecule has 0 saturated carbocycles. The topological polar surface area (TPSA) is 108 Å². The lowest BCUT2D eigenvalue weighted by Crippen LogP contribution is -2.36. The van der Waals surface area contributed by atoms with Gasteiger partial charge in [0.2, 0.25) is 15.9 Å². The number of anilines is 2. The van der Waals surface area contributed by atoms with Gasteiger partial charge in [0.05, 0.1) is 24.7 Å². The third-order valence-corrected chi connectivity index (χ3v) is 6.69. The van der Waals surface area contributed by atoms with E-state index in [-0.39, 0.29) is 22.9 Å². The van der Waals surface area contributed by atoms with Crippen LogP contribution in [0.1, 0.15) is 15.9 Å². The van der Waals surface area contributed by atoms with Crippen molar-refractivity contribution in [3.05, 3.63) is 53.6 Å². The number of rotatable bonds is 7. The van der Waals surface area contributed by atoms with Gasteiger partial charge in [-0.3, -0.25) is 9.59 Å². The maximum Gasteiger partial charge on any atom is 0.254 e. The van der Waals surface area contributed by atoms with Gasteiger partial charge in [0.15, 0.2) is 0 Å². The van der Waals surface area contributed by atoms with Crippen LogP contribution in [0.2, 0.25) is 0 Å². The Morgan fingerprint density at radius 2 is 1.75 bits per heavy atom. The highest BCUT2D eigenvalue weighted by atomic mass is 32.2. The average molecular weight is 461 g/mol. The largest absolute Gasteiger partial charge is 0.378 e. The van der Waals surface area contributed by atoms with Crippen LogP contribution in [0.3, 0.4) is 0 Å². The van der Waals surface area contributed by atoms with Gasteiger partial charge in [-0.2, -0.15) is 0 Å². The van der Waals surface area contributed by atoms with Crippen molar-refractivity contribution >= 4 is 33.2 Å². The maximum absolute atomic E-state index is 12.9. The summed E-state index contributed by atoms with van der Waals surface area (Å²) < 4.78 is 31.7. The summed E-state index contributed by atoms with van der Waals surface area (Å²) in [7, 11) is -0.874. The first-order chi connectivity index (χ1) is 15.2. The van der Waals surface area contributed by atoms with E-state index in [1.165, 1.54) is 31.1 Å². The van der Waals surface area contributed by atoms with Gasteiger partial charge in [-0.1, -0.05) is 6.07 Å². The standard InChI is InChI=1S/C22H28N4O5S/c1-16-4-9-19(32(29,30)23-2)14-20(16)22(28)25(3)15-21(27)24-17-5-7-18(8-6-17)26-10-12-31-13-11-26/h4-9,14,23H,10-13,15H2,1-3H3,(H,24,27). The summed E-state index contributed by atoms with van der Waals surface area (Å²) in [5, 5.41) is 2.79. The molecule has 0 aliphatic carbocycles. The quantitative estimate of drug-likeness (QED) is 0.648. The number of carbonyl (C=O) groups is 2. The van der Waals surface area contributed by atoms with Gasteiger partial charge in [0, 0.05) is 37.1 Å². The molecule has 172 valence electrons. The van der Waals surface area contributed by atoms with E-state index in [2.05, 4.69) is 14.9 Å². The predicted molar refractivity (Wildman–Crippen MR) is 122 cm³/mol. The SMILES string of the molecule is CNS(=O)(=O)c1ccc(C)c(C(=O)N(C)CC(=O)Nc2ccc(N3CCOCC3)cc2)c1. The monoisotopic (exact) mass is 460 g/mol. The highest BCUT2D eigenvalue weighted by Crippen LogP contribution is 2.20. The normalized spacial score (nSPS) is 14.2. The van der Waals surface area contributed by atoms with Gasteiger partial charge in [0.25, 0.3) is 5.91 Å². The van der Waals surface area contributed by atoms with E-state index in [0.29, 0.717) is 24.5 Å². The molecule has 1 aliphatic rings. The highest BCUT2D eigenvalue weighted by molar-refractivity contribution is 7.89. The van der Waals surface area contributed by atoms with Gasteiger partial charge in [0.1, 0.15) is 0 Å². The number of hydrogen-bond acceptors (Lipinski definition) is 6. The Kier molecular flexibility index (Phi) is 7.49. The molecule has 2 aromatic rings. The van der Waals surface area contributed by atoms with Gasteiger partial charge in [-0.15, -0.1) is 0 Å². The number of nitrogens with one attached hydrogen (secondary N) is 2. The second-order valence-electron chi connectivity index (χ2n) is 7.54. The molecule has 0 bridgehead atoms. The summed E-state index contributed by atoms with van der Waals surface area (Å²) >= 11 is 0. The lowest BCUT2D eigenvalue weighted by atomic mass is 10.1. The molecular weight excluding hydrogens is 432 g/mol. The minimum atomic E-state index is -3.68. The van der Waals surface area contributed by atoms with Crippen molar-refractivity contribution < 1.29 is 22.7 Å². The second kappa shape index (κ2) is 10.1. The molecule has 0 unspecified atom stereocenters. The molecule has 0 atom stereocenters. The van der Waals surface area contributed by atoms with Crippen LogP contribution in [0.15, 0.2) is 47.4 Å². The first-order valence-electron chi connectivity index (χ1n) is 10.2. The zero-order chi connectivity index (χ0) is 23.3. The van der Waals surface area contributed by atoms with Crippen LogP contribution >= 0.6 is 0 Å². The van der Waals surface area contributed by atoms with Crippen molar-refractivity contribution in [2.24, 2.45) is 0 Å². The maximum atomic E-state index is 12.9. The number of morpholine rings is 1. The van der Waals surface area contributed by atoms with Gasteiger partial charge >= 0.3 is 0 Å². The molecule has 32 heavy (non-hydrogen) atoms. The number of hydrogen-bond donors (Lipinski definition) is 2. The summed E-state index contributed by atoms with van der Waals surface area (Å²) in [6.45, 7) is 4.59. The van der Waals surface area contributed by atoms with E-state index in [9.17, 15) is 18.0 Å². The Balaban J connectivity index is 1.63. The molecule has 0 spiro atoms. The molecule has 1 aliphatic heterocycles. The first kappa shape index (κ1) is 23.7. The molecule has 0 aromatic heterocycles. The summed E-state index contributed by atoms with van der Waals surface area (Å²) in [6.07, 6.45) is 0. The zero-order valence-corrected chi connectivity index (χ0v) is 19.2. The number of likely N-dealkylation sites (N-methyl/N-ethyl adjacent to an activating group) is 1. The van der Waals surface area contributed by atoms with E-state index >= 15 is 0 Å². The number of sulfonamides is 1. The first-order valence-corrected chi connectivity index (χ1v) is 11.7. The molecule has 1 saturated heterocycles. The fourth-order valence-corrected chi connectivity index (χ4v) is 4.14. The Morgan fingerprint density at radius 1 is 1.09 bits per heavy atom. The van der Waals surface area contributed by atoms with Crippen LogP contribution in [0.4, 0.5) is 11.4 Å². The fraction of sp³-hybridized carbons (Fsp3) is 0.364. The van der Waals surface area contributed by atoms with E-state index in [0.717, 1.165) is 18.8 Å². The number of aryl methyl sites for hydroxylation is 1. The number of ether oxygens (including phenoxy) is 1. The van der Waals surface area contributed by atoms with Crippen LogP contribution in [0, 0.1) is 6.92 Å². The average Bonchev–Trinajstić information content (AvgIpc) is 2.79. The van der Waals surface area contributed by atoms with Gasteiger partial charge < -0.3 is 19.9 Å². The highest BCUT2D eigenvalue weighted by Gasteiger charge is 2.20. The molecule has 2 N–H and O–H groups in total. The minimum Gasteiger partial charge on any atom is -0.378 e. The number of amides is 2. The molecule has 2 amide bonds. The van der Waals surface area contributed by atoms with E-state index < -0.39 is 15.9 Å². The Bertz CT molecular complexity index is 1080. The molecular formula is C22H28N4O5S. The molecule has 1 heterocycles. The van der Waals surface area contributed by atoms with Crippen molar-refractivity contribution in [3.8, 4) is 0 Å². The van der Waals surface area contributed by atoms with Crippen molar-refractivity contribution in [3.63, 3.8) is 0 Å². The van der Waals surface area contributed by atoms with Crippen LogP contribution < -0.4 is 14.9 Å². The van der Waals surface area contributed by atoms with Gasteiger partial charge in [-0.25, -0.2) is 13.1 Å². The summed E-state index contributed by atoms with van der Waals surface area (Å²) in [5.74, 6) is -0.787. The van der Waals surface area contributed by atoms with Crippen molar-refractivity contribution in [1.29, 1.82) is 0 Å². The number of benzene rings is 2. The zero-order valence-electron chi connectivity index (χ0n) is 18.4. The van der Waals surface area contributed by atoms with Crippen LogP contribution in [0.25, 0.3) is 0 Å². The lowest BCUT2D eigenvalue weighted by molar-refractivity contribution is -0.116. The molecule has 2 aromatic carbocycles.